The Kier molecular flexibility index (Phi) is 3.74. The standard InChI is InChI=1S/C14H21FN4O/c15-10-7-13(14(16)20)18(8-10)9-11-5-6-19(17-11)12-3-1-2-4-12/h5-6,10,12-13H,1-4,7-9H2,(H2,16,20)/t10-,13+/m1/s1. The van der Waals surface area contributed by atoms with Crippen molar-refractivity contribution in [1.82, 2.24) is 14.7 Å². The number of carbonyl (C=O) groups is 1. The van der Waals surface area contributed by atoms with Gasteiger partial charge in [-0.2, -0.15) is 5.10 Å². The van der Waals surface area contributed by atoms with Gasteiger partial charge < -0.3 is 5.73 Å². The maximum atomic E-state index is 13.5. The van der Waals surface area contributed by atoms with Crippen LogP contribution in [0.15, 0.2) is 12.3 Å². The second kappa shape index (κ2) is 5.52. The first-order valence-electron chi connectivity index (χ1n) is 7.35. The van der Waals surface area contributed by atoms with Gasteiger partial charge in [0.05, 0.1) is 17.8 Å². The van der Waals surface area contributed by atoms with Crippen LogP contribution >= 0.6 is 0 Å². The molecule has 2 atom stereocenters. The molecule has 20 heavy (non-hydrogen) atoms. The molecule has 6 heteroatoms. The van der Waals surface area contributed by atoms with Crippen molar-refractivity contribution in [3.63, 3.8) is 0 Å². The predicted molar refractivity (Wildman–Crippen MR) is 72.6 cm³/mol. The molecule has 0 unspecified atom stereocenters. The van der Waals surface area contributed by atoms with Crippen LogP contribution in [0.2, 0.25) is 0 Å². The number of hydrogen-bond acceptors (Lipinski definition) is 3. The van der Waals surface area contributed by atoms with E-state index in [2.05, 4.69) is 5.10 Å². The highest BCUT2D eigenvalue weighted by atomic mass is 19.1. The van der Waals surface area contributed by atoms with E-state index in [-0.39, 0.29) is 13.0 Å². The fourth-order valence-corrected chi connectivity index (χ4v) is 3.36. The fraction of sp³-hybridized carbons (Fsp3) is 0.714. The van der Waals surface area contributed by atoms with E-state index in [1.54, 1.807) is 4.90 Å². The van der Waals surface area contributed by atoms with Gasteiger partial charge in [-0.25, -0.2) is 4.39 Å². The van der Waals surface area contributed by atoms with E-state index in [0.29, 0.717) is 12.6 Å². The lowest BCUT2D eigenvalue weighted by molar-refractivity contribution is -0.122. The van der Waals surface area contributed by atoms with E-state index in [4.69, 9.17) is 5.73 Å². The molecule has 1 aromatic heterocycles. The summed E-state index contributed by atoms with van der Waals surface area (Å²) in [5.74, 6) is -0.444. The molecule has 3 rings (SSSR count). The first-order chi connectivity index (χ1) is 9.63. The van der Waals surface area contributed by atoms with Crippen molar-refractivity contribution in [2.24, 2.45) is 5.73 Å². The number of amides is 1. The van der Waals surface area contributed by atoms with Crippen molar-refractivity contribution < 1.29 is 9.18 Å². The first-order valence-corrected chi connectivity index (χ1v) is 7.35. The molecule has 0 radical (unpaired) electrons. The lowest BCUT2D eigenvalue weighted by atomic mass is 10.2. The SMILES string of the molecule is NC(=O)[C@@H]1C[C@@H](F)CN1Cc1ccn(C2CCCC2)n1. The number of nitrogens with zero attached hydrogens (tertiary/aromatic N) is 3. The molecule has 2 heterocycles. The smallest absolute Gasteiger partial charge is 0.234 e. The Morgan fingerprint density at radius 2 is 2.20 bits per heavy atom. The number of likely N-dealkylation sites (tertiary alicyclic amines) is 1. The van der Waals surface area contributed by atoms with E-state index in [0.717, 1.165) is 5.69 Å². The fourth-order valence-electron chi connectivity index (χ4n) is 3.36. The molecular weight excluding hydrogens is 259 g/mol. The van der Waals surface area contributed by atoms with Crippen LogP contribution in [0.4, 0.5) is 4.39 Å². The van der Waals surface area contributed by atoms with Crippen LogP contribution < -0.4 is 5.73 Å². The molecule has 1 saturated heterocycles. The summed E-state index contributed by atoms with van der Waals surface area (Å²) in [5, 5.41) is 4.57. The zero-order valence-corrected chi connectivity index (χ0v) is 11.5. The number of hydrogen-bond donors (Lipinski definition) is 1. The van der Waals surface area contributed by atoms with Crippen LogP contribution in [-0.2, 0) is 11.3 Å². The summed E-state index contributed by atoms with van der Waals surface area (Å²) in [6.07, 6.45) is 6.12. The van der Waals surface area contributed by atoms with Crippen molar-refractivity contribution in [1.29, 1.82) is 0 Å². The van der Waals surface area contributed by atoms with Crippen LogP contribution in [0, 0.1) is 0 Å². The molecular formula is C14H21FN4O. The average Bonchev–Trinajstić information content (AvgIpc) is 3.09. The number of nitrogens with two attached hydrogens (primary N) is 1. The third-order valence-corrected chi connectivity index (χ3v) is 4.41. The molecule has 2 N–H and O–H groups in total. The van der Waals surface area contributed by atoms with Gasteiger partial charge in [0, 0.05) is 25.7 Å². The van der Waals surface area contributed by atoms with Gasteiger partial charge in [-0.05, 0) is 18.9 Å². The third-order valence-electron chi connectivity index (χ3n) is 4.41. The maximum absolute atomic E-state index is 13.5. The summed E-state index contributed by atoms with van der Waals surface area (Å²) in [6.45, 7) is 0.762. The summed E-state index contributed by atoms with van der Waals surface area (Å²) in [5.41, 5.74) is 6.22. The number of halogens is 1. The molecule has 0 spiro atoms. The van der Waals surface area contributed by atoms with E-state index in [1.807, 2.05) is 16.9 Å². The monoisotopic (exact) mass is 280 g/mol. The number of alkyl halides is 1. The molecule has 5 nitrogen and oxygen atoms in total. The normalized spacial score (nSPS) is 28.2. The number of primary amides is 1. The van der Waals surface area contributed by atoms with E-state index in [1.165, 1.54) is 25.7 Å². The van der Waals surface area contributed by atoms with Crippen LogP contribution in [0.3, 0.4) is 0 Å². The Bertz CT molecular complexity index is 483. The molecule has 1 aliphatic carbocycles. The van der Waals surface area contributed by atoms with Gasteiger partial charge in [0.1, 0.15) is 6.17 Å². The van der Waals surface area contributed by atoms with Crippen molar-refractivity contribution in [2.75, 3.05) is 6.54 Å². The van der Waals surface area contributed by atoms with E-state index >= 15 is 0 Å². The lowest BCUT2D eigenvalue weighted by Gasteiger charge is -2.20. The van der Waals surface area contributed by atoms with Gasteiger partial charge >= 0.3 is 0 Å². The van der Waals surface area contributed by atoms with Crippen LogP contribution in [0.5, 0.6) is 0 Å². The van der Waals surface area contributed by atoms with Gasteiger partial charge in [0.25, 0.3) is 0 Å². The molecule has 1 saturated carbocycles. The second-order valence-electron chi connectivity index (χ2n) is 5.91. The minimum absolute atomic E-state index is 0.207. The van der Waals surface area contributed by atoms with Crippen LogP contribution in [-0.4, -0.2) is 39.3 Å². The largest absolute Gasteiger partial charge is 0.368 e. The highest BCUT2D eigenvalue weighted by Crippen LogP contribution is 2.29. The first kappa shape index (κ1) is 13.5. The minimum Gasteiger partial charge on any atom is -0.368 e. The lowest BCUT2D eigenvalue weighted by Crippen LogP contribution is -2.39. The van der Waals surface area contributed by atoms with Crippen molar-refractivity contribution in [2.45, 2.75) is 56.9 Å². The van der Waals surface area contributed by atoms with E-state index < -0.39 is 18.1 Å². The molecule has 110 valence electrons. The Balaban J connectivity index is 1.66. The molecule has 1 aromatic rings. The average molecular weight is 280 g/mol. The quantitative estimate of drug-likeness (QED) is 0.906. The van der Waals surface area contributed by atoms with Gasteiger partial charge in [-0.3, -0.25) is 14.4 Å². The Morgan fingerprint density at radius 3 is 2.90 bits per heavy atom. The zero-order chi connectivity index (χ0) is 14.1. The number of rotatable bonds is 4. The number of aromatic nitrogens is 2. The summed E-state index contributed by atoms with van der Waals surface area (Å²) >= 11 is 0. The van der Waals surface area contributed by atoms with Crippen LogP contribution in [0.1, 0.15) is 43.8 Å². The number of carbonyl (C=O) groups excluding carboxylic acids is 1. The Morgan fingerprint density at radius 1 is 1.45 bits per heavy atom. The Labute approximate surface area is 117 Å². The van der Waals surface area contributed by atoms with Gasteiger partial charge in [-0.15, -0.1) is 0 Å². The summed E-state index contributed by atoms with van der Waals surface area (Å²) in [7, 11) is 0. The molecule has 0 bridgehead atoms. The van der Waals surface area contributed by atoms with Crippen molar-refractivity contribution in [3.05, 3.63) is 18.0 Å². The molecule has 0 aromatic carbocycles. The summed E-state index contributed by atoms with van der Waals surface area (Å²) < 4.78 is 15.5. The highest BCUT2D eigenvalue weighted by Gasteiger charge is 2.36. The van der Waals surface area contributed by atoms with Gasteiger partial charge in [0.15, 0.2) is 0 Å². The van der Waals surface area contributed by atoms with Gasteiger partial charge in [0.2, 0.25) is 5.91 Å². The molecule has 1 aliphatic heterocycles. The maximum Gasteiger partial charge on any atom is 0.234 e. The summed E-state index contributed by atoms with van der Waals surface area (Å²) in [6, 6.07) is 1.96. The molecule has 2 fully saturated rings. The highest BCUT2D eigenvalue weighted by molar-refractivity contribution is 5.80. The van der Waals surface area contributed by atoms with Crippen molar-refractivity contribution >= 4 is 5.91 Å². The predicted octanol–water partition coefficient (Wildman–Crippen LogP) is 1.40. The van der Waals surface area contributed by atoms with Crippen LogP contribution in [0.25, 0.3) is 0 Å². The Hall–Kier alpha value is -1.43. The topological polar surface area (TPSA) is 64.2 Å². The van der Waals surface area contributed by atoms with E-state index in [9.17, 15) is 9.18 Å². The third kappa shape index (κ3) is 2.70. The zero-order valence-electron chi connectivity index (χ0n) is 11.5. The van der Waals surface area contributed by atoms with Gasteiger partial charge in [-0.1, -0.05) is 12.8 Å². The molecule has 2 aliphatic rings. The second-order valence-corrected chi connectivity index (χ2v) is 5.91. The van der Waals surface area contributed by atoms with Crippen molar-refractivity contribution in [3.8, 4) is 0 Å². The summed E-state index contributed by atoms with van der Waals surface area (Å²) in [4.78, 5) is 13.2. The minimum atomic E-state index is -0.968. The molecule has 1 amide bonds.